The number of pyridine rings is 1. The van der Waals surface area contributed by atoms with Gasteiger partial charge in [0.2, 0.25) is 0 Å². The van der Waals surface area contributed by atoms with Crippen LogP contribution in [-0.4, -0.2) is 9.38 Å². The Bertz CT molecular complexity index is 2140. The third-order valence-electron chi connectivity index (χ3n) is 7.76. The minimum Gasteiger partial charge on any atom is -0.499 e. The number of hydrogen-bond acceptors (Lipinski definition) is 3. The maximum absolute atomic E-state index is 4.22. The summed E-state index contributed by atoms with van der Waals surface area (Å²) in [5.74, 6) is 0. The quantitative estimate of drug-likeness (QED) is 0.170. The van der Waals surface area contributed by atoms with Crippen LogP contribution in [0.25, 0.3) is 49.4 Å². The second-order valence-electron chi connectivity index (χ2n) is 10.2. The van der Waals surface area contributed by atoms with Gasteiger partial charge >= 0.3 is 20.1 Å². The molecule has 8 aromatic rings. The first-order chi connectivity index (χ1) is 20.9. The van der Waals surface area contributed by atoms with Crippen LogP contribution in [0.4, 0.5) is 11.4 Å². The van der Waals surface area contributed by atoms with Crippen LogP contribution in [0.15, 0.2) is 146 Å². The monoisotopic (exact) mass is 730 g/mol. The zero-order valence-corrected chi connectivity index (χ0v) is 25.5. The fourth-order valence-electron chi connectivity index (χ4n) is 5.92. The van der Waals surface area contributed by atoms with E-state index in [4.69, 9.17) is 0 Å². The summed E-state index contributed by atoms with van der Waals surface area (Å²) in [5.41, 5.74) is 7.98. The molecule has 43 heavy (non-hydrogen) atoms. The van der Waals surface area contributed by atoms with Gasteiger partial charge in [-0.3, -0.25) is 0 Å². The number of hydrogen-bond donors (Lipinski definition) is 0. The Morgan fingerprint density at radius 1 is 0.581 bits per heavy atom. The maximum atomic E-state index is 4.22. The summed E-state index contributed by atoms with van der Waals surface area (Å²) in [7, 11) is 0. The van der Waals surface area contributed by atoms with Crippen LogP contribution in [0.1, 0.15) is 0 Å². The van der Waals surface area contributed by atoms with Crippen molar-refractivity contribution < 1.29 is 20.1 Å². The molecule has 0 saturated heterocycles. The summed E-state index contributed by atoms with van der Waals surface area (Å²) in [5, 5.41) is 5.11. The van der Waals surface area contributed by atoms with Gasteiger partial charge in [-0.15, -0.1) is 48.6 Å². The molecule has 9 rings (SSSR count). The van der Waals surface area contributed by atoms with Crippen molar-refractivity contribution >= 4 is 49.5 Å². The van der Waals surface area contributed by atoms with Crippen molar-refractivity contribution in [3.8, 4) is 11.3 Å². The van der Waals surface area contributed by atoms with Gasteiger partial charge < -0.3 is 19.2 Å². The Hall–Kier alpha value is -4.96. The summed E-state index contributed by atoms with van der Waals surface area (Å²) in [6.45, 7) is 2.12. The third-order valence-corrected chi connectivity index (χ3v) is 7.76. The fourth-order valence-corrected chi connectivity index (χ4v) is 5.92. The molecular weight excluding hydrogens is 705 g/mol. The van der Waals surface area contributed by atoms with Crippen LogP contribution in [0.2, 0.25) is 0 Å². The second-order valence-corrected chi connectivity index (χ2v) is 10.2. The molecule has 5 aromatic carbocycles. The van der Waals surface area contributed by atoms with E-state index in [9.17, 15) is 0 Å². The Morgan fingerprint density at radius 2 is 1.35 bits per heavy atom. The molecule has 0 spiro atoms. The van der Waals surface area contributed by atoms with Gasteiger partial charge in [0.25, 0.3) is 0 Å². The molecule has 4 heterocycles. The molecule has 4 nitrogen and oxygen atoms in total. The van der Waals surface area contributed by atoms with Gasteiger partial charge in [-0.25, -0.2) is 0 Å². The molecule has 1 aliphatic rings. The molecule has 0 atom stereocenters. The molecule has 206 valence electrons. The first-order valence-electron chi connectivity index (χ1n) is 14.0. The van der Waals surface area contributed by atoms with E-state index < -0.39 is 0 Å². The molecule has 3 aromatic heterocycles. The zero-order chi connectivity index (χ0) is 27.9. The van der Waals surface area contributed by atoms with Crippen molar-refractivity contribution in [1.29, 1.82) is 0 Å². The molecule has 0 radical (unpaired) electrons. The fraction of sp³-hybridized carbons (Fsp3) is 0. The van der Waals surface area contributed by atoms with Crippen LogP contribution >= 0.6 is 0 Å². The number of nitrogens with zero attached hydrogens (tertiary/aromatic N) is 4. The molecule has 0 bridgehead atoms. The molecular formula is C38H25IrN4. The molecule has 5 heteroatoms. The number of benzene rings is 5. The predicted octanol–water partition coefficient (Wildman–Crippen LogP) is 9.10. The Labute approximate surface area is 263 Å². The Kier molecular flexibility index (Phi) is 7.12. The van der Waals surface area contributed by atoms with Crippen LogP contribution < -0.4 is 9.80 Å². The largest absolute Gasteiger partial charge is 3.00 e. The molecule has 0 aliphatic carbocycles. The average molecular weight is 730 g/mol. The number of aromatic nitrogens is 2. The molecule has 0 fully saturated rings. The molecule has 0 amide bonds. The number of rotatable bonds is 3. The van der Waals surface area contributed by atoms with Gasteiger partial charge in [0, 0.05) is 28.2 Å². The van der Waals surface area contributed by atoms with Gasteiger partial charge in [0.15, 0.2) is 0 Å². The number of para-hydroxylation sites is 3. The summed E-state index contributed by atoms with van der Waals surface area (Å²) < 4.78 is 2.40. The topological polar surface area (TPSA) is 23.8 Å². The van der Waals surface area contributed by atoms with Crippen molar-refractivity contribution in [3.63, 3.8) is 0 Å². The minimum absolute atomic E-state index is 0. The van der Waals surface area contributed by atoms with Gasteiger partial charge in [-0.2, -0.15) is 12.1 Å². The van der Waals surface area contributed by atoms with Gasteiger partial charge in [0.05, 0.1) is 5.52 Å². The van der Waals surface area contributed by atoms with Crippen LogP contribution in [0.3, 0.4) is 0 Å². The first-order valence-corrected chi connectivity index (χ1v) is 14.0. The van der Waals surface area contributed by atoms with E-state index in [2.05, 4.69) is 123 Å². The summed E-state index contributed by atoms with van der Waals surface area (Å²) in [6.07, 6.45) is 5.98. The van der Waals surface area contributed by atoms with Gasteiger partial charge in [-0.05, 0) is 47.7 Å². The molecule has 0 unspecified atom stereocenters. The number of anilines is 2. The van der Waals surface area contributed by atoms with Crippen LogP contribution in [-0.2, 0) is 20.1 Å². The Morgan fingerprint density at radius 3 is 2.19 bits per heavy atom. The van der Waals surface area contributed by atoms with E-state index in [1.54, 1.807) is 6.20 Å². The molecule has 0 saturated carbocycles. The van der Waals surface area contributed by atoms with Crippen LogP contribution in [0.5, 0.6) is 0 Å². The normalized spacial score (nSPS) is 12.7. The van der Waals surface area contributed by atoms with Gasteiger partial charge in [0.1, 0.15) is 0 Å². The van der Waals surface area contributed by atoms with Crippen molar-refractivity contribution in [2.24, 2.45) is 0 Å². The summed E-state index contributed by atoms with van der Waals surface area (Å²) >= 11 is 0. The first kappa shape index (κ1) is 26.9. The number of fused-ring (bicyclic) bond motifs is 6. The zero-order valence-electron chi connectivity index (χ0n) is 23.1. The van der Waals surface area contributed by atoms with E-state index in [0.29, 0.717) is 0 Å². The van der Waals surface area contributed by atoms with Crippen LogP contribution in [0, 0.1) is 18.8 Å². The van der Waals surface area contributed by atoms with Gasteiger partial charge in [-0.1, -0.05) is 83.3 Å². The second kappa shape index (κ2) is 11.4. The van der Waals surface area contributed by atoms with E-state index in [1.807, 2.05) is 54.6 Å². The van der Waals surface area contributed by atoms with E-state index in [-0.39, 0.29) is 20.1 Å². The minimum atomic E-state index is 0. The summed E-state index contributed by atoms with van der Waals surface area (Å²) in [4.78, 5) is 8.52. The third kappa shape index (κ3) is 4.64. The van der Waals surface area contributed by atoms with Crippen molar-refractivity contribution in [1.82, 2.24) is 9.38 Å². The SMILES string of the molecule is [Ir+3].[c-]1ccc2c(c1N1C=CN(c3ccccc3)[CH-]1)c1cccc3c4ccccc4n2c31.[c-]1ccccc1-c1ccccn1. The average Bonchev–Trinajstić information content (AvgIpc) is 3.79. The Balaban J connectivity index is 0.000000195. The molecule has 1 aliphatic heterocycles. The van der Waals surface area contributed by atoms with Crippen molar-refractivity contribution in [3.05, 3.63) is 165 Å². The van der Waals surface area contributed by atoms with Crippen molar-refractivity contribution in [2.45, 2.75) is 0 Å². The molecule has 0 N–H and O–H groups in total. The summed E-state index contributed by atoms with van der Waals surface area (Å²) in [6, 6.07) is 50.2. The standard InChI is InChI=1S/C27H17N3.C11H8N.Ir/c1-2-8-19(9-3-1)28-16-17-29(18-28)24-14-7-15-25-26(24)22-12-6-11-21-20-10-4-5-13-23(20)30(25)27(21)22;1-2-6-10(7-3-1)11-8-4-5-9-12-11;/h1-13,15-18H;1-6,8-9H;/q-2;-1;+3. The maximum Gasteiger partial charge on any atom is 3.00 e. The smallest absolute Gasteiger partial charge is 0.499 e. The van der Waals surface area contributed by atoms with E-state index >= 15 is 0 Å². The van der Waals surface area contributed by atoms with E-state index in [1.165, 1.54) is 38.1 Å². The van der Waals surface area contributed by atoms with E-state index in [0.717, 1.165) is 22.6 Å². The van der Waals surface area contributed by atoms with Crippen molar-refractivity contribution in [2.75, 3.05) is 9.80 Å². The predicted molar refractivity (Wildman–Crippen MR) is 173 cm³/mol.